The number of aryl methyl sites for hydroxylation is 3. The van der Waals surface area contributed by atoms with Crippen LogP contribution in [0.1, 0.15) is 40.3 Å². The number of nitrogens with zero attached hydrogens (tertiary/aromatic N) is 3. The quantitative estimate of drug-likeness (QED) is 0.737. The van der Waals surface area contributed by atoms with Gasteiger partial charge in [-0.1, -0.05) is 42.0 Å². The number of carbonyl (C=O) groups is 2. The van der Waals surface area contributed by atoms with E-state index in [-0.39, 0.29) is 31.0 Å². The van der Waals surface area contributed by atoms with E-state index in [1.54, 1.807) is 7.05 Å². The summed E-state index contributed by atoms with van der Waals surface area (Å²) in [5.41, 5.74) is 6.50. The average Bonchev–Trinajstić information content (AvgIpc) is 3.16. The van der Waals surface area contributed by atoms with Crippen LogP contribution in [-0.2, 0) is 14.3 Å². The van der Waals surface area contributed by atoms with Gasteiger partial charge in [0.1, 0.15) is 13.2 Å². The third-order valence-corrected chi connectivity index (χ3v) is 5.53. The summed E-state index contributed by atoms with van der Waals surface area (Å²) in [5, 5.41) is 6.23. The topological polar surface area (TPSA) is 62.2 Å². The van der Waals surface area contributed by atoms with Crippen molar-refractivity contribution in [1.29, 1.82) is 0 Å². The lowest BCUT2D eigenvalue weighted by atomic mass is 9.96. The molecular formula is C24H29N3O3. The average molecular weight is 408 g/mol. The van der Waals surface area contributed by atoms with E-state index in [4.69, 9.17) is 9.84 Å². The predicted molar refractivity (Wildman–Crippen MR) is 117 cm³/mol. The van der Waals surface area contributed by atoms with Gasteiger partial charge in [-0.05, 0) is 49.1 Å². The van der Waals surface area contributed by atoms with Crippen molar-refractivity contribution in [3.05, 3.63) is 70.3 Å². The highest BCUT2D eigenvalue weighted by atomic mass is 16.5. The molecule has 1 atom stereocenters. The summed E-state index contributed by atoms with van der Waals surface area (Å²) in [6.07, 6.45) is 0.632. The van der Waals surface area contributed by atoms with Gasteiger partial charge in [-0.25, -0.2) is 5.01 Å². The summed E-state index contributed by atoms with van der Waals surface area (Å²) in [6.45, 7) is 6.09. The number of likely N-dealkylation sites (N-methyl/N-ethyl adjacent to an activating group) is 1. The zero-order valence-electron chi connectivity index (χ0n) is 18.3. The zero-order chi connectivity index (χ0) is 21.8. The molecule has 2 aromatic carbocycles. The van der Waals surface area contributed by atoms with Crippen LogP contribution in [0.4, 0.5) is 0 Å². The van der Waals surface area contributed by atoms with Gasteiger partial charge in [0.25, 0.3) is 5.91 Å². The lowest BCUT2D eigenvalue weighted by Gasteiger charge is -2.25. The molecule has 3 rings (SSSR count). The molecule has 1 heterocycles. The van der Waals surface area contributed by atoms with Crippen LogP contribution in [0, 0.1) is 20.8 Å². The Balaban J connectivity index is 1.90. The highest BCUT2D eigenvalue weighted by Crippen LogP contribution is 2.33. The first-order valence-electron chi connectivity index (χ1n) is 10.1. The molecule has 0 spiro atoms. The molecule has 0 bridgehead atoms. The maximum atomic E-state index is 13.1. The van der Waals surface area contributed by atoms with Crippen molar-refractivity contribution >= 4 is 17.5 Å². The Labute approximate surface area is 178 Å². The van der Waals surface area contributed by atoms with Crippen LogP contribution in [0.25, 0.3) is 0 Å². The van der Waals surface area contributed by atoms with E-state index in [2.05, 4.69) is 32.0 Å². The van der Waals surface area contributed by atoms with Gasteiger partial charge in [-0.3, -0.25) is 9.59 Å². The van der Waals surface area contributed by atoms with Crippen LogP contribution < -0.4 is 0 Å². The van der Waals surface area contributed by atoms with Gasteiger partial charge in [0.2, 0.25) is 5.91 Å². The second-order valence-electron chi connectivity index (χ2n) is 7.90. The van der Waals surface area contributed by atoms with E-state index in [1.807, 2.05) is 31.2 Å². The van der Waals surface area contributed by atoms with E-state index in [1.165, 1.54) is 28.1 Å². The number of methoxy groups -OCH3 is 1. The van der Waals surface area contributed by atoms with E-state index < -0.39 is 0 Å². The first-order chi connectivity index (χ1) is 14.3. The smallest absolute Gasteiger partial charge is 0.262 e. The second-order valence-corrected chi connectivity index (χ2v) is 7.90. The molecule has 6 nitrogen and oxygen atoms in total. The Kier molecular flexibility index (Phi) is 6.67. The lowest BCUT2D eigenvalue weighted by Crippen LogP contribution is -2.40. The van der Waals surface area contributed by atoms with Crippen LogP contribution in [0.5, 0.6) is 0 Å². The number of hydrogen-bond donors (Lipinski definition) is 0. The highest BCUT2D eigenvalue weighted by molar-refractivity contribution is 6.03. The zero-order valence-corrected chi connectivity index (χ0v) is 18.3. The Morgan fingerprint density at radius 3 is 2.43 bits per heavy atom. The first kappa shape index (κ1) is 21.7. The standard InChI is InChI=1S/C24H29N3O3/c1-16-6-9-19(10-7-16)22-13-21(20-11-8-17(2)18(3)12-20)25-27(22)23(28)14-26(4)24(29)15-30-5/h6-12,22H,13-15H2,1-5H3/t22-/m1/s1. The third-order valence-electron chi connectivity index (χ3n) is 5.53. The largest absolute Gasteiger partial charge is 0.375 e. The van der Waals surface area contributed by atoms with Crippen LogP contribution in [-0.4, -0.2) is 54.7 Å². The molecule has 0 aromatic heterocycles. The molecule has 0 unspecified atom stereocenters. The molecule has 2 amide bonds. The Hall–Kier alpha value is -2.99. The van der Waals surface area contributed by atoms with Gasteiger partial charge in [-0.15, -0.1) is 0 Å². The summed E-state index contributed by atoms with van der Waals surface area (Å²) in [6, 6.07) is 14.2. The lowest BCUT2D eigenvalue weighted by molar-refractivity contribution is -0.142. The van der Waals surface area contributed by atoms with Crippen LogP contribution in [0.15, 0.2) is 47.6 Å². The molecule has 2 aromatic rings. The Bertz CT molecular complexity index is 966. The first-order valence-corrected chi connectivity index (χ1v) is 10.1. The maximum Gasteiger partial charge on any atom is 0.262 e. The maximum absolute atomic E-state index is 13.1. The molecule has 158 valence electrons. The van der Waals surface area contributed by atoms with Crippen molar-refractivity contribution in [3.8, 4) is 0 Å². The fourth-order valence-electron chi connectivity index (χ4n) is 3.48. The Morgan fingerprint density at radius 1 is 1.10 bits per heavy atom. The molecule has 1 aliphatic rings. The predicted octanol–water partition coefficient (Wildman–Crippen LogP) is 3.39. The SMILES string of the molecule is COCC(=O)N(C)CC(=O)N1N=C(c2ccc(C)c(C)c2)C[C@@H]1c1ccc(C)cc1. The van der Waals surface area contributed by atoms with Gasteiger partial charge in [-0.2, -0.15) is 5.10 Å². The van der Waals surface area contributed by atoms with E-state index >= 15 is 0 Å². The minimum absolute atomic E-state index is 0.0474. The number of benzene rings is 2. The molecule has 6 heteroatoms. The number of hydrogen-bond acceptors (Lipinski definition) is 4. The summed E-state index contributed by atoms with van der Waals surface area (Å²) in [4.78, 5) is 26.5. The molecular weight excluding hydrogens is 378 g/mol. The van der Waals surface area contributed by atoms with Crippen molar-refractivity contribution < 1.29 is 14.3 Å². The molecule has 0 fully saturated rings. The van der Waals surface area contributed by atoms with Crippen LogP contribution in [0.3, 0.4) is 0 Å². The summed E-state index contributed by atoms with van der Waals surface area (Å²) in [7, 11) is 3.06. The Morgan fingerprint density at radius 2 is 1.80 bits per heavy atom. The van der Waals surface area contributed by atoms with E-state index in [9.17, 15) is 9.59 Å². The van der Waals surface area contributed by atoms with Crippen molar-refractivity contribution in [1.82, 2.24) is 9.91 Å². The normalized spacial score (nSPS) is 15.8. The van der Waals surface area contributed by atoms with Crippen molar-refractivity contribution in [2.45, 2.75) is 33.2 Å². The number of carbonyl (C=O) groups excluding carboxylic acids is 2. The van der Waals surface area contributed by atoms with Crippen LogP contribution >= 0.6 is 0 Å². The number of rotatable bonds is 6. The van der Waals surface area contributed by atoms with Gasteiger partial charge in [0.05, 0.1) is 11.8 Å². The third kappa shape index (κ3) is 4.76. The molecule has 0 radical (unpaired) electrons. The van der Waals surface area contributed by atoms with E-state index in [0.29, 0.717) is 6.42 Å². The minimum atomic E-state index is -0.240. The second kappa shape index (κ2) is 9.22. The fourth-order valence-corrected chi connectivity index (χ4v) is 3.48. The van der Waals surface area contributed by atoms with Crippen molar-refractivity contribution in [2.24, 2.45) is 5.10 Å². The molecule has 1 aliphatic heterocycles. The van der Waals surface area contributed by atoms with Crippen LogP contribution in [0.2, 0.25) is 0 Å². The molecule has 0 saturated carbocycles. The molecule has 0 saturated heterocycles. The van der Waals surface area contributed by atoms with Crippen molar-refractivity contribution in [2.75, 3.05) is 27.3 Å². The molecule has 0 N–H and O–H groups in total. The molecule has 0 aliphatic carbocycles. The van der Waals surface area contributed by atoms with E-state index in [0.717, 1.165) is 22.4 Å². The minimum Gasteiger partial charge on any atom is -0.375 e. The number of hydrazone groups is 1. The summed E-state index contributed by atoms with van der Waals surface area (Å²) < 4.78 is 4.89. The fraction of sp³-hybridized carbons (Fsp3) is 0.375. The molecule has 30 heavy (non-hydrogen) atoms. The van der Waals surface area contributed by atoms with Crippen molar-refractivity contribution in [3.63, 3.8) is 0 Å². The van der Waals surface area contributed by atoms with Gasteiger partial charge in [0.15, 0.2) is 0 Å². The number of ether oxygens (including phenoxy) is 1. The number of amides is 2. The van der Waals surface area contributed by atoms with Gasteiger partial charge >= 0.3 is 0 Å². The summed E-state index contributed by atoms with van der Waals surface area (Å²) in [5.74, 6) is -0.457. The van der Waals surface area contributed by atoms with Gasteiger partial charge in [0, 0.05) is 20.6 Å². The van der Waals surface area contributed by atoms with Gasteiger partial charge < -0.3 is 9.64 Å². The highest BCUT2D eigenvalue weighted by Gasteiger charge is 2.33. The monoisotopic (exact) mass is 407 g/mol. The summed E-state index contributed by atoms with van der Waals surface area (Å²) >= 11 is 0.